The second kappa shape index (κ2) is 7.04. The van der Waals surface area contributed by atoms with Gasteiger partial charge < -0.3 is 9.52 Å². The highest BCUT2D eigenvalue weighted by molar-refractivity contribution is 6.00. The third-order valence-corrected chi connectivity index (χ3v) is 3.22. The minimum absolute atomic E-state index is 0.0262. The Hall–Kier alpha value is -2.70. The number of carboxylic acid groups (broad SMARTS) is 1. The maximum Gasteiger partial charge on any atom is 0.303 e. The number of aliphatic carboxylic acids is 1. The van der Waals surface area contributed by atoms with Crippen molar-refractivity contribution in [3.8, 4) is 0 Å². The maximum absolute atomic E-state index is 13.5. The number of hydrogen-bond acceptors (Lipinski definition) is 4. The molecule has 0 atom stereocenters. The molecule has 0 radical (unpaired) electrons. The molecule has 5 nitrogen and oxygen atoms in total. The fraction of sp³-hybridized carbons (Fsp3) is 0.250. The van der Waals surface area contributed by atoms with E-state index < -0.39 is 17.6 Å². The molecule has 1 heterocycles. The van der Waals surface area contributed by atoms with Crippen molar-refractivity contribution in [2.75, 3.05) is 5.43 Å². The summed E-state index contributed by atoms with van der Waals surface area (Å²) in [5, 5.41) is 12.7. The number of rotatable bonds is 6. The first-order valence-corrected chi connectivity index (χ1v) is 6.93. The number of hydrazone groups is 1. The molecule has 2 rings (SSSR count). The largest absolute Gasteiger partial charge is 0.481 e. The summed E-state index contributed by atoms with van der Waals surface area (Å²) >= 11 is 0. The number of carbonyl (C=O) groups is 1. The van der Waals surface area contributed by atoms with Gasteiger partial charge in [0, 0.05) is 18.1 Å². The van der Waals surface area contributed by atoms with Crippen LogP contribution in [0.3, 0.4) is 0 Å². The van der Waals surface area contributed by atoms with Crippen LogP contribution in [-0.2, 0) is 11.2 Å². The van der Waals surface area contributed by atoms with Crippen molar-refractivity contribution in [3.63, 3.8) is 0 Å². The Kier molecular flexibility index (Phi) is 5.10. The lowest BCUT2D eigenvalue weighted by molar-refractivity contribution is -0.137. The Morgan fingerprint density at radius 1 is 1.35 bits per heavy atom. The van der Waals surface area contributed by atoms with Gasteiger partial charge in [-0.3, -0.25) is 10.2 Å². The molecule has 0 saturated heterocycles. The van der Waals surface area contributed by atoms with Crippen molar-refractivity contribution in [3.05, 3.63) is 53.0 Å². The summed E-state index contributed by atoms with van der Waals surface area (Å²) < 4.78 is 31.8. The van der Waals surface area contributed by atoms with E-state index in [9.17, 15) is 13.6 Å². The monoisotopic (exact) mass is 322 g/mol. The van der Waals surface area contributed by atoms with Crippen LogP contribution in [0.4, 0.5) is 14.5 Å². The van der Waals surface area contributed by atoms with Gasteiger partial charge in [-0.1, -0.05) is 0 Å². The first kappa shape index (κ1) is 16.7. The molecule has 7 heteroatoms. The second-order valence-corrected chi connectivity index (χ2v) is 5.01. The molecule has 0 saturated carbocycles. The molecular formula is C16H16F2N2O3. The van der Waals surface area contributed by atoms with Gasteiger partial charge >= 0.3 is 5.97 Å². The third kappa shape index (κ3) is 4.38. The lowest BCUT2D eigenvalue weighted by Gasteiger charge is -2.04. The molecule has 0 amide bonds. The van der Waals surface area contributed by atoms with Gasteiger partial charge in [0.2, 0.25) is 0 Å². The molecule has 0 aliphatic heterocycles. The van der Waals surface area contributed by atoms with E-state index in [1.807, 2.05) is 0 Å². The number of halogens is 2. The number of aryl methyl sites for hydroxylation is 2. The van der Waals surface area contributed by atoms with E-state index in [1.165, 1.54) is 6.07 Å². The molecule has 2 N–H and O–H groups in total. The van der Waals surface area contributed by atoms with Crippen LogP contribution in [0, 0.1) is 18.6 Å². The van der Waals surface area contributed by atoms with E-state index in [4.69, 9.17) is 9.52 Å². The summed E-state index contributed by atoms with van der Waals surface area (Å²) in [6.45, 7) is 3.43. The Labute approximate surface area is 131 Å². The van der Waals surface area contributed by atoms with Gasteiger partial charge in [-0.25, -0.2) is 8.78 Å². The van der Waals surface area contributed by atoms with Gasteiger partial charge in [0.05, 0.1) is 17.8 Å². The van der Waals surface area contributed by atoms with Gasteiger partial charge in [-0.15, -0.1) is 0 Å². The molecule has 23 heavy (non-hydrogen) atoms. The second-order valence-electron chi connectivity index (χ2n) is 5.01. The van der Waals surface area contributed by atoms with Crippen LogP contribution in [0.5, 0.6) is 0 Å². The smallest absolute Gasteiger partial charge is 0.303 e. The standard InChI is InChI=1S/C16H16F2N2O3/c1-9(19-20-15-5-3-11(17)7-14(15)18)13-8-12(23-10(13)2)4-6-16(21)22/h3,5,7-8,20H,4,6H2,1-2H3,(H,21,22)/b19-9-. The van der Waals surface area contributed by atoms with Crippen LogP contribution < -0.4 is 5.43 Å². The number of nitrogens with one attached hydrogen (secondary N) is 1. The van der Waals surface area contributed by atoms with Crippen molar-refractivity contribution in [2.24, 2.45) is 5.10 Å². The predicted octanol–water partition coefficient (Wildman–Crippen LogP) is 3.72. The van der Waals surface area contributed by atoms with Crippen molar-refractivity contribution < 1.29 is 23.1 Å². The van der Waals surface area contributed by atoms with E-state index >= 15 is 0 Å². The minimum Gasteiger partial charge on any atom is -0.481 e. The molecule has 0 aliphatic carbocycles. The van der Waals surface area contributed by atoms with Crippen LogP contribution in [-0.4, -0.2) is 16.8 Å². The fourth-order valence-corrected chi connectivity index (χ4v) is 2.04. The number of benzene rings is 1. The first-order valence-electron chi connectivity index (χ1n) is 6.93. The van der Waals surface area contributed by atoms with Gasteiger partial charge in [-0.05, 0) is 32.0 Å². The van der Waals surface area contributed by atoms with Crippen LogP contribution in [0.1, 0.15) is 30.4 Å². The van der Waals surface area contributed by atoms with E-state index in [1.54, 1.807) is 19.9 Å². The molecule has 0 bridgehead atoms. The number of anilines is 1. The summed E-state index contributed by atoms with van der Waals surface area (Å²) in [4.78, 5) is 10.6. The average Bonchev–Trinajstić information content (AvgIpc) is 2.85. The van der Waals surface area contributed by atoms with Gasteiger partial charge in [0.25, 0.3) is 0 Å². The van der Waals surface area contributed by atoms with Crippen LogP contribution in [0.25, 0.3) is 0 Å². The summed E-state index contributed by atoms with van der Waals surface area (Å²) in [6.07, 6.45) is 0.255. The number of furan rings is 1. The SMILES string of the molecule is C/C(=N/Nc1ccc(F)cc1F)c1cc(CCC(=O)O)oc1C. The molecule has 122 valence electrons. The summed E-state index contributed by atoms with van der Waals surface area (Å²) in [7, 11) is 0. The van der Waals surface area contributed by atoms with Gasteiger partial charge in [0.1, 0.15) is 17.3 Å². The zero-order chi connectivity index (χ0) is 17.0. The van der Waals surface area contributed by atoms with Crippen molar-refractivity contribution in [1.82, 2.24) is 0 Å². The first-order chi connectivity index (χ1) is 10.9. The van der Waals surface area contributed by atoms with Gasteiger partial charge in [-0.2, -0.15) is 5.10 Å². The average molecular weight is 322 g/mol. The van der Waals surface area contributed by atoms with Gasteiger partial charge in [0.15, 0.2) is 5.82 Å². The number of nitrogens with zero attached hydrogens (tertiary/aromatic N) is 1. The van der Waals surface area contributed by atoms with E-state index in [0.29, 0.717) is 22.8 Å². The lowest BCUT2D eigenvalue weighted by Crippen LogP contribution is -2.01. The molecule has 0 spiro atoms. The Morgan fingerprint density at radius 3 is 2.74 bits per heavy atom. The maximum atomic E-state index is 13.5. The minimum atomic E-state index is -0.903. The third-order valence-electron chi connectivity index (χ3n) is 3.22. The number of carboxylic acids is 1. The molecule has 0 aliphatic rings. The summed E-state index contributed by atoms with van der Waals surface area (Å²) in [5.41, 5.74) is 3.82. The Balaban J connectivity index is 2.12. The molecule has 1 aromatic carbocycles. The van der Waals surface area contributed by atoms with Crippen molar-refractivity contribution in [1.29, 1.82) is 0 Å². The predicted molar refractivity (Wildman–Crippen MR) is 81.6 cm³/mol. The summed E-state index contributed by atoms with van der Waals surface area (Å²) in [5.74, 6) is -1.18. The zero-order valence-corrected chi connectivity index (χ0v) is 12.7. The fourth-order valence-electron chi connectivity index (χ4n) is 2.04. The van der Waals surface area contributed by atoms with Crippen LogP contribution in [0.15, 0.2) is 33.8 Å². The lowest BCUT2D eigenvalue weighted by atomic mass is 10.1. The molecule has 0 unspecified atom stereocenters. The van der Waals surface area contributed by atoms with E-state index in [-0.39, 0.29) is 18.5 Å². The normalized spacial score (nSPS) is 11.6. The molecule has 2 aromatic rings. The molecule has 1 aromatic heterocycles. The molecular weight excluding hydrogens is 306 g/mol. The van der Waals surface area contributed by atoms with E-state index in [2.05, 4.69) is 10.5 Å². The van der Waals surface area contributed by atoms with E-state index in [0.717, 1.165) is 12.1 Å². The van der Waals surface area contributed by atoms with Crippen molar-refractivity contribution >= 4 is 17.4 Å². The zero-order valence-electron chi connectivity index (χ0n) is 12.7. The topological polar surface area (TPSA) is 74.8 Å². The Bertz CT molecular complexity index is 754. The number of hydrogen-bond donors (Lipinski definition) is 2. The highest BCUT2D eigenvalue weighted by Gasteiger charge is 2.12. The van der Waals surface area contributed by atoms with Crippen LogP contribution >= 0.6 is 0 Å². The highest BCUT2D eigenvalue weighted by atomic mass is 19.1. The Morgan fingerprint density at radius 2 is 2.09 bits per heavy atom. The quantitative estimate of drug-likeness (QED) is 0.628. The summed E-state index contributed by atoms with van der Waals surface area (Å²) in [6, 6.07) is 4.85. The van der Waals surface area contributed by atoms with Crippen LogP contribution in [0.2, 0.25) is 0 Å². The highest BCUT2D eigenvalue weighted by Crippen LogP contribution is 2.19. The van der Waals surface area contributed by atoms with Crippen molar-refractivity contribution in [2.45, 2.75) is 26.7 Å². The molecule has 0 fully saturated rings.